The first-order chi connectivity index (χ1) is 29.1. The van der Waals surface area contributed by atoms with E-state index >= 15 is 0 Å². The Morgan fingerprint density at radius 2 is 0.433 bits per heavy atom. The lowest BCUT2D eigenvalue weighted by molar-refractivity contribution is 1.10. The number of rotatable bonds is 4. The Morgan fingerprint density at radius 1 is 0.233 bits per heavy atom. The highest BCUT2D eigenvalue weighted by Crippen LogP contribution is 2.50. The van der Waals surface area contributed by atoms with Crippen LogP contribution in [0.1, 0.15) is 22.3 Å². The van der Waals surface area contributed by atoms with Gasteiger partial charge in [0, 0.05) is 28.2 Å². The maximum Gasteiger partial charge on any atom is 0.0656 e. The molecule has 0 aliphatic carbocycles. The van der Waals surface area contributed by atoms with Crippen LogP contribution < -0.4 is 19.6 Å². The second-order valence-corrected chi connectivity index (χ2v) is 16.3. The SMILES string of the molecule is Cc1ccccc1-c1ccc2c(c1)N(C)c1ccc(-c3ccccc3C)cc1N2C.Cc1ccccc1-c1ccc2c(c1)N(C)c1ccc(-c3ccccc3C)cc1N2C. The van der Waals surface area contributed by atoms with E-state index in [0.29, 0.717) is 0 Å². The van der Waals surface area contributed by atoms with Crippen molar-refractivity contribution >= 4 is 45.5 Å². The Hall–Kier alpha value is -7.04. The molecule has 0 bridgehead atoms. The van der Waals surface area contributed by atoms with Crippen LogP contribution in [0, 0.1) is 27.7 Å². The molecular weight excluding hydrogens is 729 g/mol. The molecule has 8 aromatic rings. The van der Waals surface area contributed by atoms with E-state index in [2.05, 4.69) is 245 Å². The fraction of sp³-hybridized carbons (Fsp3) is 0.143. The molecule has 8 aromatic carbocycles. The van der Waals surface area contributed by atoms with Gasteiger partial charge in [-0.05, 0) is 143 Å². The van der Waals surface area contributed by atoms with Gasteiger partial charge in [-0.15, -0.1) is 0 Å². The summed E-state index contributed by atoms with van der Waals surface area (Å²) in [6.45, 7) is 8.69. The number of hydrogen-bond donors (Lipinski definition) is 0. The van der Waals surface area contributed by atoms with Crippen LogP contribution in [0.4, 0.5) is 45.5 Å². The molecule has 2 aliphatic heterocycles. The summed E-state index contributed by atoms with van der Waals surface area (Å²) in [6, 6.07) is 61.5. The molecule has 0 atom stereocenters. The van der Waals surface area contributed by atoms with Crippen molar-refractivity contribution in [1.29, 1.82) is 0 Å². The second-order valence-electron chi connectivity index (χ2n) is 16.3. The fourth-order valence-electron chi connectivity index (χ4n) is 9.08. The molecule has 0 amide bonds. The van der Waals surface area contributed by atoms with Crippen LogP contribution in [0.2, 0.25) is 0 Å². The minimum atomic E-state index is 1.23. The minimum absolute atomic E-state index is 1.23. The van der Waals surface area contributed by atoms with E-state index in [1.807, 2.05) is 0 Å². The van der Waals surface area contributed by atoms with E-state index < -0.39 is 0 Å². The van der Waals surface area contributed by atoms with E-state index in [-0.39, 0.29) is 0 Å². The van der Waals surface area contributed by atoms with Gasteiger partial charge in [-0.1, -0.05) is 121 Å². The van der Waals surface area contributed by atoms with Crippen LogP contribution in [-0.2, 0) is 0 Å². The summed E-state index contributed by atoms with van der Waals surface area (Å²) in [7, 11) is 8.67. The molecule has 0 N–H and O–H groups in total. The fourth-order valence-corrected chi connectivity index (χ4v) is 9.08. The van der Waals surface area contributed by atoms with Crippen molar-refractivity contribution in [1.82, 2.24) is 0 Å². The van der Waals surface area contributed by atoms with Crippen molar-refractivity contribution in [2.24, 2.45) is 0 Å². The molecular formula is C56H52N4. The predicted octanol–water partition coefficient (Wildman–Crippen LogP) is 15.0. The standard InChI is InChI=1S/2C28H26N2/c2*1-19-9-5-7-11-23(19)21-13-15-25-27(17-21)29(3)26-16-14-22(18-28(26)30(25)4)24-12-8-6-10-20(24)2/h2*5-18H,1-4H3. The molecule has 4 heteroatoms. The number of benzene rings is 8. The van der Waals surface area contributed by atoms with Gasteiger partial charge in [0.25, 0.3) is 0 Å². The lowest BCUT2D eigenvalue weighted by Gasteiger charge is -2.37. The third kappa shape index (κ3) is 6.78. The zero-order valence-corrected chi connectivity index (χ0v) is 36.0. The van der Waals surface area contributed by atoms with E-state index in [1.54, 1.807) is 0 Å². The van der Waals surface area contributed by atoms with Gasteiger partial charge in [-0.2, -0.15) is 0 Å². The monoisotopic (exact) mass is 780 g/mol. The van der Waals surface area contributed by atoms with Crippen molar-refractivity contribution in [3.05, 3.63) is 192 Å². The van der Waals surface area contributed by atoms with Crippen LogP contribution in [-0.4, -0.2) is 28.2 Å². The van der Waals surface area contributed by atoms with Gasteiger partial charge in [-0.25, -0.2) is 0 Å². The molecule has 0 unspecified atom stereocenters. The van der Waals surface area contributed by atoms with Crippen LogP contribution in [0.25, 0.3) is 44.5 Å². The van der Waals surface area contributed by atoms with Crippen LogP contribution in [0.3, 0.4) is 0 Å². The molecule has 0 fully saturated rings. The maximum atomic E-state index is 2.31. The Bertz CT molecular complexity index is 2510. The summed E-state index contributed by atoms with van der Waals surface area (Å²) in [6.07, 6.45) is 0. The summed E-state index contributed by atoms with van der Waals surface area (Å²) >= 11 is 0. The molecule has 2 aliphatic rings. The molecule has 0 saturated heterocycles. The van der Waals surface area contributed by atoms with Crippen molar-refractivity contribution in [2.45, 2.75) is 27.7 Å². The first-order valence-electron chi connectivity index (χ1n) is 20.8. The van der Waals surface area contributed by atoms with E-state index in [4.69, 9.17) is 0 Å². The molecule has 4 nitrogen and oxygen atoms in total. The Balaban J connectivity index is 0.000000154. The zero-order valence-electron chi connectivity index (χ0n) is 36.0. The van der Waals surface area contributed by atoms with Crippen molar-refractivity contribution in [2.75, 3.05) is 47.8 Å². The predicted molar refractivity (Wildman–Crippen MR) is 259 cm³/mol. The number of anilines is 8. The topological polar surface area (TPSA) is 13.0 Å². The van der Waals surface area contributed by atoms with E-state index in [1.165, 1.54) is 112 Å². The number of fused-ring (bicyclic) bond motifs is 4. The molecule has 2 heterocycles. The lowest BCUT2D eigenvalue weighted by atomic mass is 9.96. The average molecular weight is 781 g/mol. The second kappa shape index (κ2) is 15.6. The maximum absolute atomic E-state index is 2.31. The molecule has 0 spiro atoms. The molecule has 0 aromatic heterocycles. The normalized spacial score (nSPS) is 12.5. The number of nitrogens with zero attached hydrogens (tertiary/aromatic N) is 4. The van der Waals surface area contributed by atoms with Crippen LogP contribution in [0.15, 0.2) is 170 Å². The average Bonchev–Trinajstić information content (AvgIpc) is 3.27. The van der Waals surface area contributed by atoms with Crippen molar-refractivity contribution in [3.8, 4) is 44.5 Å². The van der Waals surface area contributed by atoms with Gasteiger partial charge in [0.15, 0.2) is 0 Å². The summed E-state index contributed by atoms with van der Waals surface area (Å²) in [5.74, 6) is 0. The number of aryl methyl sites for hydroxylation is 4. The zero-order chi connectivity index (χ0) is 41.7. The highest BCUT2D eigenvalue weighted by Gasteiger charge is 2.27. The van der Waals surface area contributed by atoms with Gasteiger partial charge in [0.1, 0.15) is 0 Å². The quantitative estimate of drug-likeness (QED) is 0.176. The summed E-state index contributed by atoms with van der Waals surface area (Å²) in [5, 5.41) is 0. The van der Waals surface area contributed by atoms with Crippen LogP contribution in [0.5, 0.6) is 0 Å². The van der Waals surface area contributed by atoms with Gasteiger partial charge in [-0.3, -0.25) is 0 Å². The lowest BCUT2D eigenvalue weighted by Crippen LogP contribution is -2.24. The first-order valence-corrected chi connectivity index (χ1v) is 20.8. The Morgan fingerprint density at radius 3 is 0.633 bits per heavy atom. The number of hydrogen-bond acceptors (Lipinski definition) is 4. The van der Waals surface area contributed by atoms with Gasteiger partial charge in [0.2, 0.25) is 0 Å². The summed E-state index contributed by atoms with van der Waals surface area (Å²) in [4.78, 5) is 9.25. The summed E-state index contributed by atoms with van der Waals surface area (Å²) < 4.78 is 0. The minimum Gasteiger partial charge on any atom is -0.341 e. The van der Waals surface area contributed by atoms with Crippen molar-refractivity contribution < 1.29 is 0 Å². The Kier molecular flexibility index (Phi) is 10.0. The molecule has 10 rings (SSSR count). The van der Waals surface area contributed by atoms with Crippen LogP contribution >= 0.6 is 0 Å². The highest BCUT2D eigenvalue weighted by molar-refractivity contribution is 5.98. The molecule has 60 heavy (non-hydrogen) atoms. The third-order valence-corrected chi connectivity index (χ3v) is 12.6. The summed E-state index contributed by atoms with van der Waals surface area (Å²) in [5.41, 5.74) is 25.2. The van der Waals surface area contributed by atoms with Gasteiger partial charge >= 0.3 is 0 Å². The van der Waals surface area contributed by atoms with Gasteiger partial charge in [0.05, 0.1) is 45.5 Å². The van der Waals surface area contributed by atoms with Crippen molar-refractivity contribution in [3.63, 3.8) is 0 Å². The highest BCUT2D eigenvalue weighted by atomic mass is 15.2. The largest absolute Gasteiger partial charge is 0.341 e. The first kappa shape index (κ1) is 38.5. The molecule has 296 valence electrons. The molecule has 0 saturated carbocycles. The third-order valence-electron chi connectivity index (χ3n) is 12.6. The van der Waals surface area contributed by atoms with Gasteiger partial charge < -0.3 is 19.6 Å². The Labute approximate surface area is 356 Å². The smallest absolute Gasteiger partial charge is 0.0656 e. The molecule has 0 radical (unpaired) electrons. The van der Waals surface area contributed by atoms with E-state index in [0.717, 1.165) is 0 Å². The van der Waals surface area contributed by atoms with E-state index in [9.17, 15) is 0 Å².